The molecule has 0 aromatic heterocycles. The van der Waals surface area contributed by atoms with Gasteiger partial charge in [-0.1, -0.05) is 6.92 Å². The summed E-state index contributed by atoms with van der Waals surface area (Å²) in [7, 11) is 1.40. The smallest absolute Gasteiger partial charge is 0.270 e. The summed E-state index contributed by atoms with van der Waals surface area (Å²) < 4.78 is 5.05. The number of aliphatic hydroxyl groups excluding tert-OH is 1. The zero-order valence-corrected chi connectivity index (χ0v) is 12.2. The van der Waals surface area contributed by atoms with Crippen molar-refractivity contribution in [2.75, 3.05) is 20.3 Å². The molecule has 7 heteroatoms. The molecule has 0 saturated carbocycles. The number of nitrogens with zero attached hydrogens (tertiary/aromatic N) is 1. The Hall–Kier alpha value is -2.15. The predicted molar refractivity (Wildman–Crippen MR) is 77.5 cm³/mol. The number of nitrogens with one attached hydrogen (secondary N) is 1. The van der Waals surface area contributed by atoms with Gasteiger partial charge in [0, 0.05) is 25.3 Å². The third-order valence-electron chi connectivity index (χ3n) is 3.11. The summed E-state index contributed by atoms with van der Waals surface area (Å²) in [6.07, 6.45) is 1.52. The molecule has 116 valence electrons. The Morgan fingerprint density at radius 3 is 2.81 bits per heavy atom. The number of benzene rings is 1. The van der Waals surface area contributed by atoms with E-state index in [9.17, 15) is 14.9 Å². The number of nitro groups is 1. The molecule has 7 nitrogen and oxygen atoms in total. The molecule has 0 saturated heterocycles. The van der Waals surface area contributed by atoms with E-state index in [2.05, 4.69) is 5.32 Å². The Bertz CT molecular complexity index is 504. The largest absolute Gasteiger partial charge is 0.496 e. The number of nitro benzene ring substituents is 1. The second-order valence-corrected chi connectivity index (χ2v) is 4.83. The van der Waals surface area contributed by atoms with Crippen LogP contribution in [0.4, 0.5) is 5.69 Å². The molecule has 1 rings (SSSR count). The molecule has 0 aliphatic heterocycles. The lowest BCUT2D eigenvalue weighted by Crippen LogP contribution is -2.25. The third-order valence-corrected chi connectivity index (χ3v) is 3.11. The quantitative estimate of drug-likeness (QED) is 0.432. The number of aliphatic hydroxyl groups is 1. The van der Waals surface area contributed by atoms with Gasteiger partial charge in [-0.05, 0) is 24.8 Å². The van der Waals surface area contributed by atoms with Crippen LogP contribution in [0.5, 0.6) is 5.75 Å². The highest BCUT2D eigenvalue weighted by atomic mass is 16.6. The van der Waals surface area contributed by atoms with Gasteiger partial charge in [0.25, 0.3) is 11.6 Å². The minimum Gasteiger partial charge on any atom is -0.496 e. The van der Waals surface area contributed by atoms with Crippen molar-refractivity contribution in [2.24, 2.45) is 5.92 Å². The highest BCUT2D eigenvalue weighted by molar-refractivity contribution is 5.97. The van der Waals surface area contributed by atoms with Crippen LogP contribution < -0.4 is 10.1 Å². The summed E-state index contributed by atoms with van der Waals surface area (Å²) in [6, 6.07) is 3.89. The van der Waals surface area contributed by atoms with Gasteiger partial charge in [-0.25, -0.2) is 0 Å². The lowest BCUT2D eigenvalue weighted by atomic mass is 10.1. The van der Waals surface area contributed by atoms with Crippen LogP contribution in [-0.4, -0.2) is 36.2 Å². The molecule has 1 amide bonds. The summed E-state index contributed by atoms with van der Waals surface area (Å²) in [5.41, 5.74) is -0.0169. The van der Waals surface area contributed by atoms with E-state index < -0.39 is 10.8 Å². The van der Waals surface area contributed by atoms with E-state index in [1.165, 1.54) is 25.3 Å². The van der Waals surface area contributed by atoms with Crippen LogP contribution >= 0.6 is 0 Å². The second kappa shape index (κ2) is 8.21. The summed E-state index contributed by atoms with van der Waals surface area (Å²) in [6.45, 7) is 2.48. The van der Waals surface area contributed by atoms with Gasteiger partial charge in [-0.2, -0.15) is 0 Å². The normalized spacial score (nSPS) is 11.8. The molecule has 1 atom stereocenters. The molecule has 1 unspecified atom stereocenters. The summed E-state index contributed by atoms with van der Waals surface area (Å²) in [5.74, 6) is 0.0725. The number of ether oxygens (including phenoxy) is 1. The van der Waals surface area contributed by atoms with Gasteiger partial charge in [-0.15, -0.1) is 0 Å². The summed E-state index contributed by atoms with van der Waals surface area (Å²) in [4.78, 5) is 22.2. The Balaban J connectivity index is 2.68. The molecule has 21 heavy (non-hydrogen) atoms. The number of non-ortho nitro benzene ring substituents is 1. The van der Waals surface area contributed by atoms with Crippen molar-refractivity contribution < 1.29 is 19.6 Å². The first-order valence-electron chi connectivity index (χ1n) is 6.71. The Kier molecular flexibility index (Phi) is 6.61. The first-order chi connectivity index (χ1) is 9.99. The summed E-state index contributed by atoms with van der Waals surface area (Å²) >= 11 is 0. The monoisotopic (exact) mass is 296 g/mol. The molecule has 2 N–H and O–H groups in total. The number of carbonyl (C=O) groups is 1. The number of hydrogen-bond acceptors (Lipinski definition) is 5. The van der Waals surface area contributed by atoms with Crippen LogP contribution in [0.25, 0.3) is 0 Å². The minimum absolute atomic E-state index is 0.118. The van der Waals surface area contributed by atoms with Crippen molar-refractivity contribution in [1.29, 1.82) is 0 Å². The fourth-order valence-corrected chi connectivity index (χ4v) is 1.83. The molecule has 0 fully saturated rings. The highest BCUT2D eigenvalue weighted by Crippen LogP contribution is 2.23. The maximum Gasteiger partial charge on any atom is 0.270 e. The standard InChI is InChI=1S/C14H20N2O5/c1-10(9-17)4-3-7-15-14(18)12-8-11(16(19)20)5-6-13(12)21-2/h5-6,8,10,17H,3-4,7,9H2,1-2H3,(H,15,18). The minimum atomic E-state index is -0.556. The average Bonchev–Trinajstić information content (AvgIpc) is 2.50. The maximum atomic E-state index is 12.1. The van der Waals surface area contributed by atoms with E-state index in [4.69, 9.17) is 9.84 Å². The topological polar surface area (TPSA) is 102 Å². The van der Waals surface area contributed by atoms with Crippen LogP contribution in [0.15, 0.2) is 18.2 Å². The van der Waals surface area contributed by atoms with Gasteiger partial charge in [0.05, 0.1) is 17.6 Å². The van der Waals surface area contributed by atoms with Crippen molar-refractivity contribution in [3.8, 4) is 5.75 Å². The molecule has 0 aliphatic carbocycles. The van der Waals surface area contributed by atoms with Crippen molar-refractivity contribution in [2.45, 2.75) is 19.8 Å². The molecule has 1 aromatic rings. The molecular weight excluding hydrogens is 276 g/mol. The molecule has 0 radical (unpaired) electrons. The molecule has 0 bridgehead atoms. The van der Waals surface area contributed by atoms with Crippen molar-refractivity contribution >= 4 is 11.6 Å². The number of rotatable bonds is 8. The zero-order chi connectivity index (χ0) is 15.8. The Labute approximate surface area is 123 Å². The first kappa shape index (κ1) is 16.9. The Morgan fingerprint density at radius 1 is 1.52 bits per heavy atom. The molecule has 0 spiro atoms. The van der Waals surface area contributed by atoms with E-state index in [0.717, 1.165) is 12.8 Å². The van der Waals surface area contributed by atoms with E-state index in [0.29, 0.717) is 12.3 Å². The average molecular weight is 296 g/mol. The van der Waals surface area contributed by atoms with Crippen LogP contribution in [0.2, 0.25) is 0 Å². The lowest BCUT2D eigenvalue weighted by Gasteiger charge is -2.10. The number of amides is 1. The van der Waals surface area contributed by atoms with Gasteiger partial charge >= 0.3 is 0 Å². The van der Waals surface area contributed by atoms with E-state index in [1.54, 1.807) is 0 Å². The number of carbonyl (C=O) groups excluding carboxylic acids is 1. The van der Waals surface area contributed by atoms with Crippen molar-refractivity contribution in [3.05, 3.63) is 33.9 Å². The molecule has 0 aliphatic rings. The van der Waals surface area contributed by atoms with Gasteiger partial charge in [0.1, 0.15) is 5.75 Å². The van der Waals surface area contributed by atoms with Gasteiger partial charge in [0.2, 0.25) is 0 Å². The summed E-state index contributed by atoms with van der Waals surface area (Å²) in [5, 5.41) is 22.4. The highest BCUT2D eigenvalue weighted by Gasteiger charge is 2.17. The van der Waals surface area contributed by atoms with Crippen molar-refractivity contribution in [3.63, 3.8) is 0 Å². The van der Waals surface area contributed by atoms with Crippen LogP contribution in [0, 0.1) is 16.0 Å². The molecule has 0 heterocycles. The third kappa shape index (κ3) is 5.03. The van der Waals surface area contributed by atoms with Crippen LogP contribution in [0.1, 0.15) is 30.1 Å². The van der Waals surface area contributed by atoms with E-state index in [-0.39, 0.29) is 23.8 Å². The number of methoxy groups -OCH3 is 1. The molecule has 1 aromatic carbocycles. The van der Waals surface area contributed by atoms with E-state index >= 15 is 0 Å². The van der Waals surface area contributed by atoms with Crippen LogP contribution in [0.3, 0.4) is 0 Å². The van der Waals surface area contributed by atoms with Gasteiger partial charge in [-0.3, -0.25) is 14.9 Å². The number of hydrogen-bond donors (Lipinski definition) is 2. The SMILES string of the molecule is COc1ccc([N+](=O)[O-])cc1C(=O)NCCCC(C)CO. The lowest BCUT2D eigenvalue weighted by molar-refractivity contribution is -0.384. The van der Waals surface area contributed by atoms with Gasteiger partial charge < -0.3 is 15.2 Å². The van der Waals surface area contributed by atoms with Gasteiger partial charge in [0.15, 0.2) is 0 Å². The van der Waals surface area contributed by atoms with Crippen molar-refractivity contribution in [1.82, 2.24) is 5.32 Å². The fraction of sp³-hybridized carbons (Fsp3) is 0.500. The molecular formula is C14H20N2O5. The second-order valence-electron chi connectivity index (χ2n) is 4.83. The zero-order valence-electron chi connectivity index (χ0n) is 12.2. The fourth-order valence-electron chi connectivity index (χ4n) is 1.83. The maximum absolute atomic E-state index is 12.1. The first-order valence-corrected chi connectivity index (χ1v) is 6.71. The van der Waals surface area contributed by atoms with E-state index in [1.807, 2.05) is 6.92 Å². The Morgan fingerprint density at radius 2 is 2.24 bits per heavy atom. The van der Waals surface area contributed by atoms with Crippen LogP contribution in [-0.2, 0) is 0 Å². The predicted octanol–water partition coefficient (Wildman–Crippen LogP) is 1.74.